The molecule has 0 unspecified atom stereocenters. The minimum Gasteiger partial charge on any atom is -0.369 e. The van der Waals surface area contributed by atoms with E-state index in [2.05, 4.69) is 49.7 Å². The number of hydrogen-bond donors (Lipinski definition) is 3. The number of likely N-dealkylation sites (tertiary alicyclic amines) is 2. The van der Waals surface area contributed by atoms with Crippen LogP contribution < -0.4 is 16.4 Å². The first-order valence-corrected chi connectivity index (χ1v) is 11.4. The summed E-state index contributed by atoms with van der Waals surface area (Å²) in [5.74, 6) is 0.589. The molecule has 0 saturated carbocycles. The van der Waals surface area contributed by atoms with Gasteiger partial charge in [0.05, 0.1) is 6.54 Å². The number of rotatable bonds is 7. The summed E-state index contributed by atoms with van der Waals surface area (Å²) >= 11 is 0. The van der Waals surface area contributed by atoms with Gasteiger partial charge in [-0.3, -0.25) is 19.6 Å². The van der Waals surface area contributed by atoms with E-state index in [0.717, 1.165) is 45.0 Å². The van der Waals surface area contributed by atoms with E-state index in [1.807, 2.05) is 7.05 Å². The Morgan fingerprint density at radius 2 is 1.70 bits per heavy atom. The van der Waals surface area contributed by atoms with Crippen LogP contribution in [0.15, 0.2) is 29.3 Å². The zero-order valence-electron chi connectivity index (χ0n) is 18.4. The number of nitrogens with two attached hydrogens (primary N) is 1. The molecule has 166 valence electrons. The molecule has 0 aliphatic carbocycles. The van der Waals surface area contributed by atoms with Gasteiger partial charge in [-0.1, -0.05) is 37.1 Å². The summed E-state index contributed by atoms with van der Waals surface area (Å²) in [5, 5.41) is 7.04. The Bertz CT molecular complexity index is 691. The first-order valence-electron chi connectivity index (χ1n) is 11.4. The van der Waals surface area contributed by atoms with Crippen LogP contribution in [0.25, 0.3) is 0 Å². The smallest absolute Gasteiger partial charge is 0.231 e. The molecule has 4 N–H and O–H groups in total. The Morgan fingerprint density at radius 3 is 2.33 bits per heavy atom. The highest BCUT2D eigenvalue weighted by Gasteiger charge is 2.21. The van der Waals surface area contributed by atoms with Gasteiger partial charge in [-0.25, -0.2) is 0 Å². The second kappa shape index (κ2) is 11.9. The lowest BCUT2D eigenvalue weighted by atomic mass is 10.1. The van der Waals surface area contributed by atoms with Gasteiger partial charge in [0.1, 0.15) is 0 Å². The normalized spacial score (nSPS) is 20.0. The monoisotopic (exact) mass is 414 g/mol. The van der Waals surface area contributed by atoms with Gasteiger partial charge in [-0.2, -0.15) is 0 Å². The standard InChI is InChI=1S/C23H38N6O/c1-25-23(27-21-10-14-29(15-11-21)18-22(24)30)26-16-19-8-4-5-9-20(19)17-28-12-6-2-3-7-13-28/h4-5,8-9,21H,2-3,6-7,10-18H2,1H3,(H2,24,30)(H2,25,26,27). The third-order valence-electron chi connectivity index (χ3n) is 6.19. The lowest BCUT2D eigenvalue weighted by molar-refractivity contribution is -0.119. The summed E-state index contributed by atoms with van der Waals surface area (Å²) in [6, 6.07) is 9.10. The molecule has 0 radical (unpaired) electrons. The summed E-state index contributed by atoms with van der Waals surface area (Å²) in [6.07, 6.45) is 7.33. The van der Waals surface area contributed by atoms with Crippen molar-refractivity contribution in [3.05, 3.63) is 35.4 Å². The van der Waals surface area contributed by atoms with Gasteiger partial charge in [0.2, 0.25) is 5.91 Å². The van der Waals surface area contributed by atoms with Gasteiger partial charge in [-0.05, 0) is 49.9 Å². The zero-order chi connectivity index (χ0) is 21.2. The lowest BCUT2D eigenvalue weighted by Crippen LogP contribution is -2.49. The van der Waals surface area contributed by atoms with Crippen molar-refractivity contribution in [1.29, 1.82) is 0 Å². The second-order valence-electron chi connectivity index (χ2n) is 8.55. The van der Waals surface area contributed by atoms with Crippen molar-refractivity contribution in [3.8, 4) is 0 Å². The number of guanidine groups is 1. The van der Waals surface area contributed by atoms with Crippen molar-refractivity contribution in [2.75, 3.05) is 39.8 Å². The molecule has 2 aliphatic rings. The zero-order valence-corrected chi connectivity index (χ0v) is 18.4. The van der Waals surface area contributed by atoms with E-state index in [4.69, 9.17) is 5.73 Å². The van der Waals surface area contributed by atoms with Crippen LogP contribution in [-0.4, -0.2) is 67.5 Å². The third kappa shape index (κ3) is 7.29. The highest BCUT2D eigenvalue weighted by atomic mass is 16.1. The molecule has 1 aromatic carbocycles. The molecule has 2 saturated heterocycles. The molecule has 7 nitrogen and oxygen atoms in total. The average Bonchev–Trinajstić information content (AvgIpc) is 3.01. The summed E-state index contributed by atoms with van der Waals surface area (Å²) < 4.78 is 0. The predicted octanol–water partition coefficient (Wildman–Crippen LogP) is 1.68. The Balaban J connectivity index is 1.49. The van der Waals surface area contributed by atoms with Crippen LogP contribution in [0.4, 0.5) is 0 Å². The van der Waals surface area contributed by atoms with Gasteiger partial charge < -0.3 is 16.4 Å². The molecule has 30 heavy (non-hydrogen) atoms. The fraction of sp³-hybridized carbons (Fsp3) is 0.652. The Labute approximate surface area is 181 Å². The molecule has 1 aromatic rings. The van der Waals surface area contributed by atoms with E-state index < -0.39 is 0 Å². The fourth-order valence-corrected chi connectivity index (χ4v) is 4.44. The van der Waals surface area contributed by atoms with Crippen molar-refractivity contribution in [2.45, 2.75) is 57.7 Å². The van der Waals surface area contributed by atoms with Crippen LogP contribution in [0.2, 0.25) is 0 Å². The van der Waals surface area contributed by atoms with Gasteiger partial charge in [0, 0.05) is 39.3 Å². The number of primary amides is 1. The maximum absolute atomic E-state index is 11.1. The first kappa shape index (κ1) is 22.6. The second-order valence-corrected chi connectivity index (χ2v) is 8.55. The topological polar surface area (TPSA) is 86.0 Å². The maximum atomic E-state index is 11.1. The molecule has 2 fully saturated rings. The van der Waals surface area contributed by atoms with E-state index in [1.165, 1.54) is 49.9 Å². The Kier molecular flexibility index (Phi) is 8.96. The number of carbonyl (C=O) groups is 1. The van der Waals surface area contributed by atoms with Crippen LogP contribution in [0, 0.1) is 0 Å². The quantitative estimate of drug-likeness (QED) is 0.467. The molecular weight excluding hydrogens is 376 g/mol. The van der Waals surface area contributed by atoms with Gasteiger partial charge in [-0.15, -0.1) is 0 Å². The van der Waals surface area contributed by atoms with Crippen molar-refractivity contribution < 1.29 is 4.79 Å². The van der Waals surface area contributed by atoms with E-state index >= 15 is 0 Å². The number of hydrogen-bond acceptors (Lipinski definition) is 4. The number of nitrogens with one attached hydrogen (secondary N) is 2. The van der Waals surface area contributed by atoms with Crippen LogP contribution in [0.1, 0.15) is 49.7 Å². The van der Waals surface area contributed by atoms with Crippen LogP contribution >= 0.6 is 0 Å². The summed E-state index contributed by atoms with van der Waals surface area (Å²) in [4.78, 5) is 20.2. The van der Waals surface area contributed by atoms with E-state index in [0.29, 0.717) is 12.6 Å². The van der Waals surface area contributed by atoms with Crippen LogP contribution in [0.5, 0.6) is 0 Å². The molecule has 0 aromatic heterocycles. The molecule has 1 amide bonds. The Morgan fingerprint density at radius 1 is 1.03 bits per heavy atom. The van der Waals surface area contributed by atoms with E-state index in [9.17, 15) is 4.79 Å². The number of aliphatic imine (C=N–C) groups is 1. The molecule has 0 bridgehead atoms. The maximum Gasteiger partial charge on any atom is 0.231 e. The highest BCUT2D eigenvalue weighted by Crippen LogP contribution is 2.16. The number of piperidine rings is 1. The van der Waals surface area contributed by atoms with Crippen molar-refractivity contribution in [2.24, 2.45) is 10.7 Å². The number of amides is 1. The third-order valence-corrected chi connectivity index (χ3v) is 6.19. The molecule has 0 atom stereocenters. The molecule has 7 heteroatoms. The Hall–Kier alpha value is -2.12. The van der Waals surface area contributed by atoms with Crippen molar-refractivity contribution >= 4 is 11.9 Å². The minimum atomic E-state index is -0.252. The van der Waals surface area contributed by atoms with Crippen molar-refractivity contribution in [3.63, 3.8) is 0 Å². The molecule has 3 rings (SSSR count). The number of nitrogens with zero attached hydrogens (tertiary/aromatic N) is 3. The van der Waals surface area contributed by atoms with Gasteiger partial charge >= 0.3 is 0 Å². The van der Waals surface area contributed by atoms with Gasteiger partial charge in [0.15, 0.2) is 5.96 Å². The number of benzene rings is 1. The lowest BCUT2D eigenvalue weighted by Gasteiger charge is -2.32. The largest absolute Gasteiger partial charge is 0.369 e. The summed E-state index contributed by atoms with van der Waals surface area (Å²) in [7, 11) is 1.82. The molecule has 2 aliphatic heterocycles. The minimum absolute atomic E-state index is 0.252. The highest BCUT2D eigenvalue weighted by molar-refractivity contribution is 5.80. The molecule has 2 heterocycles. The van der Waals surface area contributed by atoms with Crippen molar-refractivity contribution in [1.82, 2.24) is 20.4 Å². The van der Waals surface area contributed by atoms with Crippen LogP contribution in [0.3, 0.4) is 0 Å². The summed E-state index contributed by atoms with van der Waals surface area (Å²) in [5.41, 5.74) is 8.04. The fourth-order valence-electron chi connectivity index (χ4n) is 4.44. The van der Waals surface area contributed by atoms with Gasteiger partial charge in [0.25, 0.3) is 0 Å². The predicted molar refractivity (Wildman–Crippen MR) is 122 cm³/mol. The number of carbonyl (C=O) groups excluding carboxylic acids is 1. The first-order chi connectivity index (χ1) is 14.6. The van der Waals surface area contributed by atoms with E-state index in [-0.39, 0.29) is 5.91 Å². The van der Waals surface area contributed by atoms with E-state index in [1.54, 1.807) is 0 Å². The summed E-state index contributed by atoms with van der Waals surface area (Å²) in [6.45, 7) is 6.34. The molecule has 0 spiro atoms. The molecular formula is C23H38N6O. The average molecular weight is 415 g/mol. The SMILES string of the molecule is CN=C(NCc1ccccc1CN1CCCCCC1)NC1CCN(CC(N)=O)CC1. The van der Waals surface area contributed by atoms with Crippen LogP contribution in [-0.2, 0) is 17.9 Å².